The van der Waals surface area contributed by atoms with Crippen LogP contribution in [0.4, 0.5) is 0 Å². The SMILES string of the molecule is CCC(N1CCCCC1)[Si]1(C(CC)N2CCCCC2)OCCN(C)CCO1. The molecule has 0 spiro atoms. The molecule has 0 aromatic heterocycles. The Balaban J connectivity index is 1.90. The predicted octanol–water partition coefficient (Wildman–Crippen LogP) is 3.01. The van der Waals surface area contributed by atoms with Crippen LogP contribution in [0.15, 0.2) is 0 Å². The van der Waals surface area contributed by atoms with Crippen molar-refractivity contribution in [2.45, 2.75) is 76.5 Å². The summed E-state index contributed by atoms with van der Waals surface area (Å²) in [6.45, 7) is 13.4. The van der Waals surface area contributed by atoms with E-state index >= 15 is 0 Å². The molecule has 158 valence electrons. The number of hydrogen-bond acceptors (Lipinski definition) is 5. The largest absolute Gasteiger partial charge is 0.391 e. The zero-order valence-electron chi connectivity index (χ0n) is 18.1. The normalized spacial score (nSPS) is 29.0. The van der Waals surface area contributed by atoms with Gasteiger partial charge in [-0.25, -0.2) is 0 Å². The first-order chi connectivity index (χ1) is 13.2. The first-order valence-electron chi connectivity index (χ1n) is 11.7. The second kappa shape index (κ2) is 10.7. The van der Waals surface area contributed by atoms with Crippen molar-refractivity contribution in [2.75, 3.05) is 59.5 Å². The lowest BCUT2D eigenvalue weighted by Gasteiger charge is -2.51. The van der Waals surface area contributed by atoms with Crippen molar-refractivity contribution < 1.29 is 8.85 Å². The molecule has 5 nitrogen and oxygen atoms in total. The van der Waals surface area contributed by atoms with E-state index in [0.717, 1.165) is 39.1 Å². The molecule has 6 heteroatoms. The summed E-state index contributed by atoms with van der Waals surface area (Å²) in [5, 5.41) is 0. The molecule has 0 bridgehead atoms. The van der Waals surface area contributed by atoms with E-state index in [0.29, 0.717) is 11.3 Å². The quantitative estimate of drug-likeness (QED) is 0.643. The van der Waals surface area contributed by atoms with Gasteiger partial charge >= 0.3 is 8.56 Å². The van der Waals surface area contributed by atoms with Crippen molar-refractivity contribution in [1.82, 2.24) is 14.7 Å². The number of hydrogen-bond donors (Lipinski definition) is 0. The summed E-state index contributed by atoms with van der Waals surface area (Å²) >= 11 is 0. The molecule has 3 aliphatic heterocycles. The zero-order valence-corrected chi connectivity index (χ0v) is 19.1. The minimum absolute atomic E-state index is 0.494. The van der Waals surface area contributed by atoms with Crippen LogP contribution in [0.2, 0.25) is 0 Å². The highest BCUT2D eigenvalue weighted by Gasteiger charge is 2.56. The molecule has 0 saturated carbocycles. The van der Waals surface area contributed by atoms with E-state index in [-0.39, 0.29) is 0 Å². The monoisotopic (exact) mass is 397 g/mol. The third kappa shape index (κ3) is 5.14. The van der Waals surface area contributed by atoms with Crippen molar-refractivity contribution >= 4 is 8.56 Å². The smallest absolute Gasteiger partial charge is 0.373 e. The lowest BCUT2D eigenvalue weighted by Crippen LogP contribution is -2.72. The Morgan fingerprint density at radius 1 is 0.667 bits per heavy atom. The van der Waals surface area contributed by atoms with Gasteiger partial charge in [-0.05, 0) is 71.8 Å². The van der Waals surface area contributed by atoms with Crippen LogP contribution >= 0.6 is 0 Å². The van der Waals surface area contributed by atoms with E-state index in [4.69, 9.17) is 8.85 Å². The second-order valence-electron chi connectivity index (χ2n) is 8.76. The van der Waals surface area contributed by atoms with E-state index in [9.17, 15) is 0 Å². The highest BCUT2D eigenvalue weighted by molar-refractivity contribution is 6.70. The van der Waals surface area contributed by atoms with Crippen LogP contribution in [0, 0.1) is 0 Å². The van der Waals surface area contributed by atoms with Gasteiger partial charge in [0.15, 0.2) is 0 Å². The van der Waals surface area contributed by atoms with Crippen molar-refractivity contribution in [1.29, 1.82) is 0 Å². The Bertz CT molecular complexity index is 390. The van der Waals surface area contributed by atoms with Gasteiger partial charge in [-0.1, -0.05) is 26.7 Å². The maximum absolute atomic E-state index is 6.95. The fraction of sp³-hybridized carbons (Fsp3) is 1.00. The van der Waals surface area contributed by atoms with E-state index in [1.54, 1.807) is 0 Å². The molecule has 3 fully saturated rings. The molecule has 3 rings (SSSR count). The van der Waals surface area contributed by atoms with Gasteiger partial charge in [0.25, 0.3) is 0 Å². The Hall–Kier alpha value is 0.0169. The molecule has 27 heavy (non-hydrogen) atoms. The average Bonchev–Trinajstić information content (AvgIpc) is 2.69. The lowest BCUT2D eigenvalue weighted by atomic mass is 10.1. The van der Waals surface area contributed by atoms with Gasteiger partial charge in [0, 0.05) is 26.3 Å². The topological polar surface area (TPSA) is 28.2 Å². The molecule has 3 heterocycles. The fourth-order valence-corrected chi connectivity index (χ4v) is 10.3. The Labute approximate surface area is 168 Å². The van der Waals surface area contributed by atoms with Crippen molar-refractivity contribution in [3.05, 3.63) is 0 Å². The number of nitrogens with zero attached hydrogens (tertiary/aromatic N) is 3. The molecular weight excluding hydrogens is 354 g/mol. The summed E-state index contributed by atoms with van der Waals surface area (Å²) in [4.78, 5) is 7.86. The van der Waals surface area contributed by atoms with Crippen LogP contribution in [0.25, 0.3) is 0 Å². The van der Waals surface area contributed by atoms with Gasteiger partial charge in [-0.2, -0.15) is 0 Å². The minimum Gasteiger partial charge on any atom is -0.391 e. The van der Waals surface area contributed by atoms with Crippen molar-refractivity contribution in [3.8, 4) is 0 Å². The summed E-state index contributed by atoms with van der Waals surface area (Å²) in [6, 6.07) is 0. The van der Waals surface area contributed by atoms with Crippen LogP contribution in [0.1, 0.15) is 65.2 Å². The molecule has 0 aromatic rings. The minimum atomic E-state index is -2.40. The van der Waals surface area contributed by atoms with Crippen LogP contribution in [-0.2, 0) is 8.85 Å². The van der Waals surface area contributed by atoms with Gasteiger partial charge in [0.05, 0.1) is 11.3 Å². The second-order valence-corrected chi connectivity index (χ2v) is 12.1. The molecule has 3 saturated heterocycles. The van der Waals surface area contributed by atoms with Gasteiger partial charge in [-0.15, -0.1) is 0 Å². The number of piperidine rings is 2. The highest BCUT2D eigenvalue weighted by Crippen LogP contribution is 2.33. The fourth-order valence-electron chi connectivity index (χ4n) is 5.54. The number of likely N-dealkylation sites (tertiary alicyclic amines) is 2. The Morgan fingerprint density at radius 2 is 1.07 bits per heavy atom. The van der Waals surface area contributed by atoms with E-state index < -0.39 is 8.56 Å². The standard InChI is InChI=1S/C21H43N3O2Si/c1-4-20(23-12-8-6-9-13-23)27(25-18-16-22(3)17-19-26-27)21(5-2)24-14-10-7-11-15-24/h20-21H,4-19H2,1-3H3. The van der Waals surface area contributed by atoms with Gasteiger partial charge < -0.3 is 13.8 Å². The summed E-state index contributed by atoms with van der Waals surface area (Å²) < 4.78 is 13.9. The van der Waals surface area contributed by atoms with Crippen LogP contribution in [0.3, 0.4) is 0 Å². The molecule has 2 atom stereocenters. The zero-order chi connectivity index (χ0) is 19.1. The van der Waals surface area contributed by atoms with Gasteiger partial charge in [0.2, 0.25) is 0 Å². The lowest BCUT2D eigenvalue weighted by molar-refractivity contribution is 0.0421. The highest BCUT2D eigenvalue weighted by atomic mass is 28.4. The van der Waals surface area contributed by atoms with Gasteiger partial charge in [0.1, 0.15) is 0 Å². The number of likely N-dealkylation sites (N-methyl/N-ethyl adjacent to an activating group) is 1. The third-order valence-electron chi connectivity index (χ3n) is 6.97. The third-order valence-corrected chi connectivity index (χ3v) is 11.7. The molecule has 0 aliphatic carbocycles. The predicted molar refractivity (Wildman–Crippen MR) is 114 cm³/mol. The first kappa shape index (κ1) is 21.7. The first-order valence-corrected chi connectivity index (χ1v) is 13.6. The van der Waals surface area contributed by atoms with Crippen LogP contribution in [0.5, 0.6) is 0 Å². The summed E-state index contributed by atoms with van der Waals surface area (Å²) in [5.41, 5.74) is 0.987. The molecule has 0 N–H and O–H groups in total. The van der Waals surface area contributed by atoms with Crippen LogP contribution < -0.4 is 0 Å². The molecule has 0 amide bonds. The molecular formula is C21H43N3O2Si. The van der Waals surface area contributed by atoms with Crippen molar-refractivity contribution in [3.63, 3.8) is 0 Å². The molecule has 0 radical (unpaired) electrons. The van der Waals surface area contributed by atoms with Crippen LogP contribution in [-0.4, -0.2) is 94.1 Å². The number of rotatable bonds is 6. The Kier molecular flexibility index (Phi) is 8.60. The molecule has 2 unspecified atom stereocenters. The molecule has 0 aromatic carbocycles. The maximum Gasteiger partial charge on any atom is 0.373 e. The summed E-state index contributed by atoms with van der Waals surface area (Å²) in [6.07, 6.45) is 10.4. The van der Waals surface area contributed by atoms with Crippen molar-refractivity contribution in [2.24, 2.45) is 0 Å². The van der Waals surface area contributed by atoms with E-state index in [1.807, 2.05) is 0 Å². The summed E-state index contributed by atoms with van der Waals surface area (Å²) in [5.74, 6) is 0. The molecule has 3 aliphatic rings. The Morgan fingerprint density at radius 3 is 1.44 bits per heavy atom. The van der Waals surface area contributed by atoms with E-state index in [1.165, 1.54) is 64.7 Å². The van der Waals surface area contributed by atoms with E-state index in [2.05, 4.69) is 35.6 Å². The summed E-state index contributed by atoms with van der Waals surface area (Å²) in [7, 11) is -0.218. The average molecular weight is 398 g/mol. The maximum atomic E-state index is 6.95. The van der Waals surface area contributed by atoms with Gasteiger partial charge in [-0.3, -0.25) is 9.80 Å².